The van der Waals surface area contributed by atoms with Crippen LogP contribution in [-0.4, -0.2) is 25.1 Å². The van der Waals surface area contributed by atoms with E-state index in [9.17, 15) is 0 Å². The first-order valence-electron chi connectivity index (χ1n) is 10.2. The molecule has 0 radical (unpaired) electrons. The quantitative estimate of drug-likeness (QED) is 0.427. The van der Waals surface area contributed by atoms with Crippen LogP contribution in [-0.2, 0) is 0 Å². The lowest BCUT2D eigenvalue weighted by Crippen LogP contribution is -2.36. The Morgan fingerprint density at radius 3 is 2.77 bits per heavy atom. The summed E-state index contributed by atoms with van der Waals surface area (Å²) in [4.78, 5) is 9.10. The van der Waals surface area contributed by atoms with Crippen LogP contribution in [0.4, 0.5) is 5.69 Å². The molecule has 2 aromatic heterocycles. The van der Waals surface area contributed by atoms with Crippen LogP contribution in [0.25, 0.3) is 28.3 Å². The molecule has 0 aliphatic carbocycles. The molecule has 0 fully saturated rings. The Morgan fingerprint density at radius 1 is 1.17 bits per heavy atom. The normalized spacial score (nSPS) is 17.6. The van der Waals surface area contributed by atoms with E-state index in [1.165, 1.54) is 22.4 Å². The second kappa shape index (κ2) is 6.81. The number of hydrogen-bond donors (Lipinski definition) is 1. The zero-order valence-corrected chi connectivity index (χ0v) is 18.3. The zero-order valence-electron chi connectivity index (χ0n) is 17.6. The molecule has 0 spiro atoms. The highest BCUT2D eigenvalue weighted by molar-refractivity contribution is 6.33. The van der Waals surface area contributed by atoms with Gasteiger partial charge in [0.15, 0.2) is 5.82 Å². The Labute approximate surface area is 181 Å². The first kappa shape index (κ1) is 19.1. The molecule has 1 aliphatic heterocycles. The van der Waals surface area contributed by atoms with Gasteiger partial charge >= 0.3 is 0 Å². The van der Waals surface area contributed by atoms with Gasteiger partial charge in [-0.05, 0) is 74.1 Å². The van der Waals surface area contributed by atoms with E-state index >= 15 is 0 Å². The molecule has 1 aliphatic rings. The smallest absolute Gasteiger partial charge is 0.252 e. The number of nitrogens with one attached hydrogen (secondary N) is 1. The lowest BCUT2D eigenvalue weighted by molar-refractivity contribution is 0.454. The Hall–Kier alpha value is -2.92. The summed E-state index contributed by atoms with van der Waals surface area (Å²) in [5.74, 6) is 1.62. The van der Waals surface area contributed by atoms with Crippen molar-refractivity contribution < 1.29 is 0 Å². The molecule has 0 saturated carbocycles. The second-order valence-electron chi connectivity index (χ2n) is 8.87. The highest BCUT2D eigenvalue weighted by Crippen LogP contribution is 2.41. The number of anilines is 1. The molecule has 4 aromatic rings. The summed E-state index contributed by atoms with van der Waals surface area (Å²) in [6, 6.07) is 12.1. The molecule has 30 heavy (non-hydrogen) atoms. The predicted octanol–water partition coefficient (Wildman–Crippen LogP) is 6.12. The lowest BCUT2D eigenvalue weighted by atomic mass is 9.80. The van der Waals surface area contributed by atoms with Gasteiger partial charge in [-0.25, -0.2) is 9.50 Å². The summed E-state index contributed by atoms with van der Waals surface area (Å²) in [6.07, 6.45) is 4.97. The highest BCUT2D eigenvalue weighted by atomic mass is 35.5. The van der Waals surface area contributed by atoms with Crippen LogP contribution < -0.4 is 5.32 Å². The topological polar surface area (TPSA) is 55.1 Å². The SMILES string of the molecule is Cc1cc2c(cc1-c1cnc3nc(-c4ccccc4Cl)nn3c1)C(C)CC(C)(C)N2. The van der Waals surface area contributed by atoms with E-state index in [4.69, 9.17) is 11.6 Å². The third-order valence-corrected chi connectivity index (χ3v) is 6.17. The molecular weight excluding hydrogens is 394 g/mol. The van der Waals surface area contributed by atoms with Gasteiger partial charge in [0.2, 0.25) is 0 Å². The minimum atomic E-state index is 0.108. The van der Waals surface area contributed by atoms with Gasteiger partial charge in [-0.1, -0.05) is 30.7 Å². The molecule has 3 heterocycles. The van der Waals surface area contributed by atoms with Gasteiger partial charge in [0.25, 0.3) is 5.78 Å². The van der Waals surface area contributed by atoms with Crippen molar-refractivity contribution in [2.75, 3.05) is 5.32 Å². The van der Waals surface area contributed by atoms with Gasteiger partial charge in [0.1, 0.15) is 0 Å². The molecule has 152 valence electrons. The van der Waals surface area contributed by atoms with E-state index < -0.39 is 0 Å². The maximum Gasteiger partial charge on any atom is 0.252 e. The number of benzene rings is 2. The molecule has 5 nitrogen and oxygen atoms in total. The van der Waals surface area contributed by atoms with Crippen molar-refractivity contribution in [2.45, 2.75) is 45.6 Å². The van der Waals surface area contributed by atoms with Gasteiger partial charge in [-0.3, -0.25) is 0 Å². The molecule has 0 amide bonds. The van der Waals surface area contributed by atoms with Crippen molar-refractivity contribution in [1.82, 2.24) is 19.6 Å². The monoisotopic (exact) mass is 417 g/mol. The van der Waals surface area contributed by atoms with Crippen LogP contribution in [0.5, 0.6) is 0 Å². The molecule has 0 bridgehead atoms. The van der Waals surface area contributed by atoms with Crippen molar-refractivity contribution in [3.05, 3.63) is 64.9 Å². The number of aromatic nitrogens is 4. The number of hydrogen-bond acceptors (Lipinski definition) is 4. The van der Waals surface area contributed by atoms with Crippen LogP contribution in [0.1, 0.15) is 44.2 Å². The average Bonchev–Trinajstić information content (AvgIpc) is 3.10. The zero-order chi connectivity index (χ0) is 21.0. The number of nitrogens with zero attached hydrogens (tertiary/aromatic N) is 4. The van der Waals surface area contributed by atoms with Crippen molar-refractivity contribution in [3.8, 4) is 22.5 Å². The van der Waals surface area contributed by atoms with E-state index in [2.05, 4.69) is 60.2 Å². The first-order valence-corrected chi connectivity index (χ1v) is 10.6. The summed E-state index contributed by atoms with van der Waals surface area (Å²) in [5.41, 5.74) is 6.90. The molecule has 5 rings (SSSR count). The second-order valence-corrected chi connectivity index (χ2v) is 9.28. The summed E-state index contributed by atoms with van der Waals surface area (Å²) >= 11 is 6.32. The van der Waals surface area contributed by atoms with Gasteiger partial charge in [0, 0.05) is 34.7 Å². The summed E-state index contributed by atoms with van der Waals surface area (Å²) < 4.78 is 1.73. The molecule has 6 heteroatoms. The third-order valence-electron chi connectivity index (χ3n) is 5.84. The fourth-order valence-electron chi connectivity index (χ4n) is 4.52. The molecular formula is C24H24ClN5. The Morgan fingerprint density at radius 2 is 1.97 bits per heavy atom. The molecule has 2 aromatic carbocycles. The van der Waals surface area contributed by atoms with Crippen molar-refractivity contribution in [3.63, 3.8) is 0 Å². The largest absolute Gasteiger partial charge is 0.380 e. The van der Waals surface area contributed by atoms with Crippen molar-refractivity contribution >= 4 is 23.1 Å². The fourth-order valence-corrected chi connectivity index (χ4v) is 4.74. The van der Waals surface area contributed by atoms with Crippen LogP contribution in [0.3, 0.4) is 0 Å². The number of aryl methyl sites for hydroxylation is 1. The number of halogens is 1. The lowest BCUT2D eigenvalue weighted by Gasteiger charge is -2.38. The number of fused-ring (bicyclic) bond motifs is 2. The fraction of sp³-hybridized carbons (Fsp3) is 0.292. The van der Waals surface area contributed by atoms with E-state index in [1.54, 1.807) is 4.52 Å². The van der Waals surface area contributed by atoms with Gasteiger partial charge < -0.3 is 5.32 Å². The number of rotatable bonds is 2. The molecule has 1 atom stereocenters. The minimum absolute atomic E-state index is 0.108. The minimum Gasteiger partial charge on any atom is -0.380 e. The van der Waals surface area contributed by atoms with Crippen LogP contribution in [0.2, 0.25) is 5.02 Å². The molecule has 0 saturated heterocycles. The van der Waals surface area contributed by atoms with Crippen molar-refractivity contribution in [1.29, 1.82) is 0 Å². The third kappa shape index (κ3) is 3.23. The Bertz CT molecular complexity index is 1270. The summed E-state index contributed by atoms with van der Waals surface area (Å²) in [6.45, 7) is 8.96. The van der Waals surface area contributed by atoms with E-state index in [0.717, 1.165) is 17.5 Å². The Kier molecular flexibility index (Phi) is 4.33. The van der Waals surface area contributed by atoms with Crippen molar-refractivity contribution in [2.24, 2.45) is 0 Å². The van der Waals surface area contributed by atoms with E-state index in [-0.39, 0.29) is 5.54 Å². The highest BCUT2D eigenvalue weighted by Gasteiger charge is 2.29. The Balaban J connectivity index is 1.59. The van der Waals surface area contributed by atoms with Gasteiger partial charge in [-0.2, -0.15) is 4.98 Å². The summed E-state index contributed by atoms with van der Waals surface area (Å²) in [7, 11) is 0. The standard InChI is InChI=1S/C24H24ClN5/c1-14-9-21-19(15(2)11-24(3,4)28-21)10-18(14)16-12-26-23-27-22(29-30(23)13-16)17-7-5-6-8-20(17)25/h5-10,12-13,15,28H,11H2,1-4H3. The van der Waals surface area contributed by atoms with Gasteiger partial charge in [-0.15, -0.1) is 5.10 Å². The van der Waals surface area contributed by atoms with Crippen LogP contribution in [0.15, 0.2) is 48.8 Å². The van der Waals surface area contributed by atoms with Crippen LogP contribution >= 0.6 is 11.6 Å². The van der Waals surface area contributed by atoms with Gasteiger partial charge in [0.05, 0.1) is 5.02 Å². The molecule has 1 unspecified atom stereocenters. The predicted molar refractivity (Wildman–Crippen MR) is 122 cm³/mol. The average molecular weight is 418 g/mol. The van der Waals surface area contributed by atoms with Crippen LogP contribution in [0, 0.1) is 6.92 Å². The maximum atomic E-state index is 6.32. The molecule has 1 N–H and O–H groups in total. The summed E-state index contributed by atoms with van der Waals surface area (Å²) in [5, 5.41) is 8.94. The first-order chi connectivity index (χ1) is 14.3. The van der Waals surface area contributed by atoms with E-state index in [1.807, 2.05) is 36.7 Å². The maximum absolute atomic E-state index is 6.32. The van der Waals surface area contributed by atoms with E-state index in [0.29, 0.717) is 22.5 Å².